The number of nitrogens with one attached hydrogen (secondary N) is 1. The molecule has 0 aromatic rings. The van der Waals surface area contributed by atoms with E-state index in [1.165, 1.54) is 4.31 Å². The van der Waals surface area contributed by atoms with Crippen molar-refractivity contribution in [2.24, 2.45) is 17.8 Å². The number of hydrogen-bond acceptors (Lipinski definition) is 3. The predicted molar refractivity (Wildman–Crippen MR) is 82.1 cm³/mol. The number of rotatable bonds is 8. The van der Waals surface area contributed by atoms with E-state index in [-0.39, 0.29) is 18.9 Å². The van der Waals surface area contributed by atoms with Gasteiger partial charge in [-0.15, -0.1) is 0 Å². The molecule has 0 unspecified atom stereocenters. The summed E-state index contributed by atoms with van der Waals surface area (Å²) in [7, 11) is -3.48. The highest BCUT2D eigenvalue weighted by molar-refractivity contribution is 7.87. The van der Waals surface area contributed by atoms with Gasteiger partial charge in [0.2, 0.25) is 0 Å². The van der Waals surface area contributed by atoms with E-state index >= 15 is 0 Å². The Kier molecular flexibility index (Phi) is 7.09. The van der Waals surface area contributed by atoms with Crippen molar-refractivity contribution in [3.05, 3.63) is 0 Å². The van der Waals surface area contributed by atoms with Gasteiger partial charge in [-0.2, -0.15) is 12.7 Å². The maximum Gasteiger partial charge on any atom is 0.303 e. The first-order chi connectivity index (χ1) is 9.70. The molecular weight excluding hydrogens is 292 g/mol. The number of carbonyl (C=O) groups is 1. The lowest BCUT2D eigenvalue weighted by Gasteiger charge is -2.30. The Morgan fingerprint density at radius 3 is 2.38 bits per heavy atom. The SMILES string of the molecule is CC(C)C[C@H](CNS(=O)(=O)N1CCC(C)CC1)CC(=O)O. The second-order valence-electron chi connectivity index (χ2n) is 6.53. The Bertz CT molecular complexity index is 428. The summed E-state index contributed by atoms with van der Waals surface area (Å²) in [6.07, 6.45) is 2.46. The highest BCUT2D eigenvalue weighted by Gasteiger charge is 2.27. The van der Waals surface area contributed by atoms with Crippen molar-refractivity contribution in [1.82, 2.24) is 9.03 Å². The summed E-state index contributed by atoms with van der Waals surface area (Å²) in [5.41, 5.74) is 0. The number of aliphatic carboxylic acids is 1. The van der Waals surface area contributed by atoms with Gasteiger partial charge in [0.1, 0.15) is 0 Å². The zero-order valence-corrected chi connectivity index (χ0v) is 14.0. The Labute approximate surface area is 128 Å². The van der Waals surface area contributed by atoms with Crippen molar-refractivity contribution in [3.63, 3.8) is 0 Å². The van der Waals surface area contributed by atoms with E-state index in [0.29, 0.717) is 31.3 Å². The molecular formula is C14H28N2O4S. The lowest BCUT2D eigenvalue weighted by molar-refractivity contribution is -0.138. The van der Waals surface area contributed by atoms with E-state index in [2.05, 4.69) is 11.6 Å². The zero-order chi connectivity index (χ0) is 16.0. The molecule has 1 aliphatic rings. The van der Waals surface area contributed by atoms with Gasteiger partial charge in [0, 0.05) is 26.1 Å². The van der Waals surface area contributed by atoms with Crippen molar-refractivity contribution in [3.8, 4) is 0 Å². The number of carboxylic acid groups (broad SMARTS) is 1. The molecule has 0 spiro atoms. The van der Waals surface area contributed by atoms with Crippen LogP contribution in [0.2, 0.25) is 0 Å². The van der Waals surface area contributed by atoms with E-state index in [9.17, 15) is 13.2 Å². The van der Waals surface area contributed by atoms with Crippen LogP contribution in [0.4, 0.5) is 0 Å². The summed E-state index contributed by atoms with van der Waals surface area (Å²) in [5, 5.41) is 8.92. The number of nitrogens with zero attached hydrogens (tertiary/aromatic N) is 1. The minimum absolute atomic E-state index is 0.00225. The van der Waals surface area contributed by atoms with Crippen molar-refractivity contribution in [2.45, 2.75) is 46.5 Å². The zero-order valence-electron chi connectivity index (χ0n) is 13.2. The molecule has 1 saturated heterocycles. The summed E-state index contributed by atoms with van der Waals surface area (Å²) >= 11 is 0. The van der Waals surface area contributed by atoms with Crippen molar-refractivity contribution in [1.29, 1.82) is 0 Å². The molecule has 1 rings (SSSR count). The van der Waals surface area contributed by atoms with Crippen molar-refractivity contribution >= 4 is 16.2 Å². The van der Waals surface area contributed by atoms with Gasteiger partial charge >= 0.3 is 5.97 Å². The van der Waals surface area contributed by atoms with Gasteiger partial charge in [0.05, 0.1) is 0 Å². The van der Waals surface area contributed by atoms with E-state index in [4.69, 9.17) is 5.11 Å². The standard InChI is InChI=1S/C14H28N2O4S/c1-11(2)8-13(9-14(17)18)10-15-21(19,20)16-6-4-12(3)5-7-16/h11-13,15H,4-10H2,1-3H3,(H,17,18)/t13-/m0/s1. The third-order valence-corrected chi connectivity index (χ3v) is 5.48. The molecule has 6 nitrogen and oxygen atoms in total. The Hall–Kier alpha value is -0.660. The average Bonchev–Trinajstić information content (AvgIpc) is 2.35. The predicted octanol–water partition coefficient (Wildman–Crippen LogP) is 1.69. The van der Waals surface area contributed by atoms with Crippen LogP contribution in [0.3, 0.4) is 0 Å². The monoisotopic (exact) mass is 320 g/mol. The molecule has 0 amide bonds. The van der Waals surface area contributed by atoms with E-state index in [1.54, 1.807) is 0 Å². The van der Waals surface area contributed by atoms with Gasteiger partial charge in [-0.05, 0) is 37.0 Å². The molecule has 0 aromatic carbocycles. The molecule has 1 fully saturated rings. The lowest BCUT2D eigenvalue weighted by Crippen LogP contribution is -2.46. The molecule has 1 atom stereocenters. The summed E-state index contributed by atoms with van der Waals surface area (Å²) in [6, 6.07) is 0. The molecule has 1 heterocycles. The fourth-order valence-electron chi connectivity index (χ4n) is 2.69. The molecule has 0 aromatic heterocycles. The molecule has 0 radical (unpaired) electrons. The third-order valence-electron chi connectivity index (χ3n) is 3.90. The van der Waals surface area contributed by atoms with Crippen LogP contribution in [0.15, 0.2) is 0 Å². The van der Waals surface area contributed by atoms with E-state index in [0.717, 1.165) is 12.8 Å². The van der Waals surface area contributed by atoms with Crippen LogP contribution in [-0.2, 0) is 15.0 Å². The Morgan fingerprint density at radius 2 is 1.90 bits per heavy atom. The summed E-state index contributed by atoms with van der Waals surface area (Å²) in [4.78, 5) is 10.9. The molecule has 1 aliphatic heterocycles. The molecule has 2 N–H and O–H groups in total. The maximum absolute atomic E-state index is 12.2. The summed E-state index contributed by atoms with van der Waals surface area (Å²) in [6.45, 7) is 7.43. The first-order valence-electron chi connectivity index (χ1n) is 7.67. The van der Waals surface area contributed by atoms with E-state index in [1.807, 2.05) is 13.8 Å². The molecule has 7 heteroatoms. The third kappa shape index (κ3) is 6.76. The quantitative estimate of drug-likeness (QED) is 0.712. The van der Waals surface area contributed by atoms with Gasteiger partial charge < -0.3 is 5.11 Å². The van der Waals surface area contributed by atoms with Crippen molar-refractivity contribution in [2.75, 3.05) is 19.6 Å². The van der Waals surface area contributed by atoms with Crippen LogP contribution >= 0.6 is 0 Å². The van der Waals surface area contributed by atoms with Crippen LogP contribution in [0.5, 0.6) is 0 Å². The largest absolute Gasteiger partial charge is 0.481 e. The lowest BCUT2D eigenvalue weighted by atomic mass is 9.94. The van der Waals surface area contributed by atoms with Crippen LogP contribution in [0, 0.1) is 17.8 Å². The molecule has 0 aliphatic carbocycles. The first kappa shape index (κ1) is 18.4. The fraction of sp³-hybridized carbons (Fsp3) is 0.929. The second kappa shape index (κ2) is 8.10. The van der Waals surface area contributed by atoms with Crippen LogP contribution in [-0.4, -0.2) is 43.4 Å². The van der Waals surface area contributed by atoms with Gasteiger partial charge in [-0.3, -0.25) is 4.79 Å². The normalized spacial score (nSPS) is 19.8. The number of piperidine rings is 1. The average molecular weight is 320 g/mol. The van der Waals surface area contributed by atoms with Crippen molar-refractivity contribution < 1.29 is 18.3 Å². The highest BCUT2D eigenvalue weighted by Crippen LogP contribution is 2.19. The number of carboxylic acids is 1. The first-order valence-corrected chi connectivity index (χ1v) is 9.11. The topological polar surface area (TPSA) is 86.7 Å². The summed E-state index contributed by atoms with van der Waals surface area (Å²) < 4.78 is 28.5. The Morgan fingerprint density at radius 1 is 1.33 bits per heavy atom. The Balaban J connectivity index is 2.54. The second-order valence-corrected chi connectivity index (χ2v) is 8.28. The van der Waals surface area contributed by atoms with Crippen LogP contribution in [0.1, 0.15) is 46.5 Å². The smallest absolute Gasteiger partial charge is 0.303 e. The van der Waals surface area contributed by atoms with Gasteiger partial charge in [0.25, 0.3) is 10.2 Å². The van der Waals surface area contributed by atoms with Crippen LogP contribution < -0.4 is 4.72 Å². The molecule has 21 heavy (non-hydrogen) atoms. The van der Waals surface area contributed by atoms with E-state index < -0.39 is 16.2 Å². The maximum atomic E-state index is 12.2. The van der Waals surface area contributed by atoms with Gasteiger partial charge in [-0.1, -0.05) is 20.8 Å². The van der Waals surface area contributed by atoms with Gasteiger partial charge in [-0.25, -0.2) is 4.72 Å². The molecule has 0 saturated carbocycles. The number of hydrogen-bond donors (Lipinski definition) is 2. The van der Waals surface area contributed by atoms with Crippen LogP contribution in [0.25, 0.3) is 0 Å². The molecule has 0 bridgehead atoms. The minimum Gasteiger partial charge on any atom is -0.481 e. The summed E-state index contributed by atoms with van der Waals surface area (Å²) in [5.74, 6) is -0.139. The minimum atomic E-state index is -3.48. The molecule has 124 valence electrons. The highest BCUT2D eigenvalue weighted by atomic mass is 32.2. The fourth-order valence-corrected chi connectivity index (χ4v) is 4.01. The van der Waals surface area contributed by atoms with Gasteiger partial charge in [0.15, 0.2) is 0 Å².